The monoisotopic (exact) mass is 399 g/mol. The lowest BCUT2D eigenvalue weighted by atomic mass is 10.0. The standard InChI is InChI=1S/C21H15Cl2NO3/c22-16-8-13(9-17(23)12-16)10-20(25)24-19-11-15(6-7-18(19)21(26)27)14-4-2-1-3-5-14/h1-9,11-12H,10H2,(H,24,25)(H,26,27). The predicted octanol–water partition coefficient (Wildman–Crippen LogP) is 5.54. The molecule has 0 aliphatic heterocycles. The molecular weight excluding hydrogens is 385 g/mol. The van der Waals surface area contributed by atoms with Gasteiger partial charge in [0.25, 0.3) is 0 Å². The van der Waals surface area contributed by atoms with Crippen molar-refractivity contribution in [2.75, 3.05) is 5.32 Å². The van der Waals surface area contributed by atoms with Crippen LogP contribution in [0.1, 0.15) is 15.9 Å². The number of carbonyl (C=O) groups excluding carboxylic acids is 1. The summed E-state index contributed by atoms with van der Waals surface area (Å²) < 4.78 is 0. The van der Waals surface area contributed by atoms with E-state index in [-0.39, 0.29) is 23.6 Å². The number of carboxylic acid groups (broad SMARTS) is 1. The lowest BCUT2D eigenvalue weighted by Gasteiger charge is -2.11. The van der Waals surface area contributed by atoms with Crippen molar-refractivity contribution in [3.05, 3.63) is 87.9 Å². The van der Waals surface area contributed by atoms with Gasteiger partial charge in [-0.25, -0.2) is 4.79 Å². The molecule has 0 heterocycles. The Bertz CT molecular complexity index is 983. The fourth-order valence-corrected chi connectivity index (χ4v) is 3.31. The molecule has 3 aromatic rings. The van der Waals surface area contributed by atoms with E-state index in [0.717, 1.165) is 11.1 Å². The van der Waals surface area contributed by atoms with Gasteiger partial charge < -0.3 is 10.4 Å². The minimum atomic E-state index is -1.12. The number of rotatable bonds is 5. The number of hydrogen-bond donors (Lipinski definition) is 2. The summed E-state index contributed by atoms with van der Waals surface area (Å²) in [7, 11) is 0. The second kappa shape index (κ2) is 8.25. The summed E-state index contributed by atoms with van der Waals surface area (Å²) in [6, 6.07) is 19.2. The van der Waals surface area contributed by atoms with Crippen molar-refractivity contribution < 1.29 is 14.7 Å². The summed E-state index contributed by atoms with van der Waals surface area (Å²) in [4.78, 5) is 23.9. The molecule has 27 heavy (non-hydrogen) atoms. The number of nitrogens with one attached hydrogen (secondary N) is 1. The first kappa shape index (κ1) is 19.0. The van der Waals surface area contributed by atoms with Gasteiger partial charge in [-0.3, -0.25) is 4.79 Å². The Morgan fingerprint density at radius 2 is 1.52 bits per heavy atom. The Morgan fingerprint density at radius 3 is 2.15 bits per heavy atom. The van der Waals surface area contributed by atoms with Crippen molar-refractivity contribution in [1.82, 2.24) is 0 Å². The van der Waals surface area contributed by atoms with Gasteiger partial charge in [-0.2, -0.15) is 0 Å². The van der Waals surface area contributed by atoms with E-state index >= 15 is 0 Å². The minimum absolute atomic E-state index is 0.0205. The van der Waals surface area contributed by atoms with Crippen molar-refractivity contribution in [1.29, 1.82) is 0 Å². The average molecular weight is 400 g/mol. The van der Waals surface area contributed by atoms with Crippen molar-refractivity contribution in [3.63, 3.8) is 0 Å². The number of carboxylic acids is 1. The van der Waals surface area contributed by atoms with E-state index in [1.807, 2.05) is 30.3 Å². The normalized spacial score (nSPS) is 10.4. The number of anilines is 1. The van der Waals surface area contributed by atoms with Gasteiger partial charge >= 0.3 is 5.97 Å². The van der Waals surface area contributed by atoms with E-state index < -0.39 is 5.97 Å². The third-order valence-corrected chi connectivity index (χ3v) is 4.35. The number of halogens is 2. The SMILES string of the molecule is O=C(Cc1cc(Cl)cc(Cl)c1)Nc1cc(-c2ccccc2)ccc1C(=O)O. The number of hydrogen-bond acceptors (Lipinski definition) is 2. The Kier molecular flexibility index (Phi) is 5.79. The summed E-state index contributed by atoms with van der Waals surface area (Å²) in [6.45, 7) is 0. The maximum Gasteiger partial charge on any atom is 0.337 e. The highest BCUT2D eigenvalue weighted by Gasteiger charge is 2.14. The van der Waals surface area contributed by atoms with Crippen LogP contribution in [-0.4, -0.2) is 17.0 Å². The molecule has 136 valence electrons. The lowest BCUT2D eigenvalue weighted by Crippen LogP contribution is -2.17. The van der Waals surface area contributed by atoms with Gasteiger partial charge in [0.1, 0.15) is 0 Å². The van der Waals surface area contributed by atoms with Gasteiger partial charge in [0.15, 0.2) is 0 Å². The molecule has 0 bridgehead atoms. The Balaban J connectivity index is 1.87. The molecule has 0 unspecified atom stereocenters. The quantitative estimate of drug-likeness (QED) is 0.591. The van der Waals surface area contributed by atoms with Crippen molar-refractivity contribution in [2.45, 2.75) is 6.42 Å². The first-order valence-corrected chi connectivity index (χ1v) is 8.85. The average Bonchev–Trinajstić information content (AvgIpc) is 2.61. The van der Waals surface area contributed by atoms with E-state index in [2.05, 4.69) is 5.32 Å². The summed E-state index contributed by atoms with van der Waals surface area (Å²) in [5.74, 6) is -1.48. The fraction of sp³-hybridized carbons (Fsp3) is 0.0476. The first-order chi connectivity index (χ1) is 12.9. The largest absolute Gasteiger partial charge is 0.478 e. The van der Waals surface area contributed by atoms with Crippen molar-refractivity contribution in [3.8, 4) is 11.1 Å². The molecule has 0 atom stereocenters. The molecule has 1 amide bonds. The van der Waals surface area contributed by atoms with E-state index in [1.54, 1.807) is 30.3 Å². The highest BCUT2D eigenvalue weighted by molar-refractivity contribution is 6.34. The van der Waals surface area contributed by atoms with Gasteiger partial charge in [0.05, 0.1) is 17.7 Å². The van der Waals surface area contributed by atoms with E-state index in [0.29, 0.717) is 15.6 Å². The number of benzene rings is 3. The van der Waals surface area contributed by atoms with Crippen molar-refractivity contribution in [2.24, 2.45) is 0 Å². The Morgan fingerprint density at radius 1 is 0.852 bits per heavy atom. The third-order valence-electron chi connectivity index (χ3n) is 3.92. The van der Waals surface area contributed by atoms with Gasteiger partial charge in [-0.05, 0) is 47.0 Å². The zero-order chi connectivity index (χ0) is 19.4. The van der Waals surface area contributed by atoms with Gasteiger partial charge in [0.2, 0.25) is 5.91 Å². The van der Waals surface area contributed by atoms with Crippen LogP contribution in [0.5, 0.6) is 0 Å². The van der Waals surface area contributed by atoms with Crippen LogP contribution in [0.15, 0.2) is 66.7 Å². The van der Waals surface area contributed by atoms with Crippen LogP contribution in [-0.2, 0) is 11.2 Å². The van der Waals surface area contributed by atoms with Crippen LogP contribution in [0, 0.1) is 0 Å². The maximum atomic E-state index is 12.4. The molecule has 2 N–H and O–H groups in total. The van der Waals surface area contributed by atoms with E-state index in [9.17, 15) is 14.7 Å². The molecule has 0 fully saturated rings. The second-order valence-electron chi connectivity index (χ2n) is 5.93. The smallest absolute Gasteiger partial charge is 0.337 e. The summed E-state index contributed by atoms with van der Waals surface area (Å²) >= 11 is 11.9. The summed E-state index contributed by atoms with van der Waals surface area (Å²) in [5, 5.41) is 13.0. The third kappa shape index (κ3) is 4.88. The molecule has 6 heteroatoms. The van der Waals surface area contributed by atoms with Gasteiger partial charge in [-0.1, -0.05) is 59.6 Å². The maximum absolute atomic E-state index is 12.4. The van der Waals surface area contributed by atoms with Crippen LogP contribution >= 0.6 is 23.2 Å². The molecule has 4 nitrogen and oxygen atoms in total. The van der Waals surface area contributed by atoms with Crippen molar-refractivity contribution >= 4 is 40.8 Å². The van der Waals surface area contributed by atoms with Crippen LogP contribution in [0.4, 0.5) is 5.69 Å². The number of carbonyl (C=O) groups is 2. The highest BCUT2D eigenvalue weighted by atomic mass is 35.5. The van der Waals surface area contributed by atoms with Crippen LogP contribution < -0.4 is 5.32 Å². The molecule has 0 aliphatic carbocycles. The second-order valence-corrected chi connectivity index (χ2v) is 6.81. The van der Waals surface area contributed by atoms with Gasteiger partial charge in [0, 0.05) is 10.0 Å². The Labute approximate surface area is 166 Å². The number of aromatic carboxylic acids is 1. The van der Waals surface area contributed by atoms with Crippen LogP contribution in [0.3, 0.4) is 0 Å². The van der Waals surface area contributed by atoms with Crippen LogP contribution in [0.25, 0.3) is 11.1 Å². The zero-order valence-electron chi connectivity index (χ0n) is 14.1. The lowest BCUT2D eigenvalue weighted by molar-refractivity contribution is -0.115. The zero-order valence-corrected chi connectivity index (χ0v) is 15.6. The molecule has 3 rings (SSSR count). The molecule has 0 radical (unpaired) electrons. The fourth-order valence-electron chi connectivity index (χ4n) is 2.74. The highest BCUT2D eigenvalue weighted by Crippen LogP contribution is 2.26. The van der Waals surface area contributed by atoms with Gasteiger partial charge in [-0.15, -0.1) is 0 Å². The molecule has 0 aliphatic rings. The van der Waals surface area contributed by atoms with E-state index in [4.69, 9.17) is 23.2 Å². The molecule has 0 saturated heterocycles. The predicted molar refractivity (Wildman–Crippen MR) is 108 cm³/mol. The molecule has 0 aromatic heterocycles. The molecule has 3 aromatic carbocycles. The molecular formula is C21H15Cl2NO3. The summed E-state index contributed by atoms with van der Waals surface area (Å²) in [5.41, 5.74) is 2.63. The topological polar surface area (TPSA) is 66.4 Å². The van der Waals surface area contributed by atoms with E-state index in [1.165, 1.54) is 6.07 Å². The molecule has 0 saturated carbocycles. The first-order valence-electron chi connectivity index (χ1n) is 8.10. The Hall–Kier alpha value is -2.82. The summed E-state index contributed by atoms with van der Waals surface area (Å²) in [6.07, 6.45) is 0.0227. The van der Waals surface area contributed by atoms with Crippen LogP contribution in [0.2, 0.25) is 10.0 Å². The minimum Gasteiger partial charge on any atom is -0.478 e. The molecule has 0 spiro atoms. The number of amides is 1.